The minimum atomic E-state index is 0.472. The first-order valence-corrected chi connectivity index (χ1v) is 7.90. The largest absolute Gasteiger partial charge is 0.313 e. The molecule has 0 bridgehead atoms. The molecular formula is C17H22BrN. The van der Waals surface area contributed by atoms with Crippen molar-refractivity contribution >= 4 is 26.7 Å². The van der Waals surface area contributed by atoms with Crippen molar-refractivity contribution in [2.75, 3.05) is 7.05 Å². The number of rotatable bonds is 6. The van der Waals surface area contributed by atoms with E-state index in [2.05, 4.69) is 71.6 Å². The number of fused-ring (bicyclic) bond motifs is 1. The van der Waals surface area contributed by atoms with Crippen molar-refractivity contribution in [3.05, 3.63) is 46.4 Å². The fourth-order valence-electron chi connectivity index (χ4n) is 2.53. The zero-order valence-electron chi connectivity index (χ0n) is 11.7. The third kappa shape index (κ3) is 3.80. The summed E-state index contributed by atoms with van der Waals surface area (Å²) in [5, 5.41) is 6.05. The highest BCUT2D eigenvalue weighted by molar-refractivity contribution is 9.10. The second kappa shape index (κ2) is 7.06. The second-order valence-corrected chi connectivity index (χ2v) is 6.00. The van der Waals surface area contributed by atoms with Crippen molar-refractivity contribution in [3.8, 4) is 0 Å². The SMILES string of the molecule is CCCCCC(NC)c1ccc2cc(Br)ccc2c1. The zero-order valence-corrected chi connectivity index (χ0v) is 13.3. The Morgan fingerprint density at radius 1 is 1.05 bits per heavy atom. The molecule has 0 aliphatic carbocycles. The van der Waals surface area contributed by atoms with Crippen LogP contribution in [0, 0.1) is 0 Å². The number of nitrogens with one attached hydrogen (secondary N) is 1. The Bertz CT molecular complexity index is 536. The molecule has 0 heterocycles. The minimum absolute atomic E-state index is 0.472. The first-order valence-electron chi connectivity index (χ1n) is 7.11. The highest BCUT2D eigenvalue weighted by Gasteiger charge is 2.09. The van der Waals surface area contributed by atoms with Gasteiger partial charge in [0.15, 0.2) is 0 Å². The van der Waals surface area contributed by atoms with Gasteiger partial charge in [0.05, 0.1) is 0 Å². The summed E-state index contributed by atoms with van der Waals surface area (Å²) in [6, 6.07) is 13.7. The molecule has 0 fully saturated rings. The Labute approximate surface area is 124 Å². The van der Waals surface area contributed by atoms with Crippen LogP contribution in [0.25, 0.3) is 10.8 Å². The van der Waals surface area contributed by atoms with E-state index in [1.165, 1.54) is 42.0 Å². The molecule has 1 N–H and O–H groups in total. The van der Waals surface area contributed by atoms with Crippen molar-refractivity contribution in [1.29, 1.82) is 0 Å². The average molecular weight is 320 g/mol. The maximum Gasteiger partial charge on any atom is 0.0317 e. The van der Waals surface area contributed by atoms with Gasteiger partial charge in [0, 0.05) is 10.5 Å². The predicted octanol–water partition coefficient (Wildman–Crippen LogP) is 5.44. The lowest BCUT2D eigenvalue weighted by molar-refractivity contribution is 0.512. The number of hydrogen-bond acceptors (Lipinski definition) is 1. The average Bonchev–Trinajstić information content (AvgIpc) is 2.43. The van der Waals surface area contributed by atoms with Crippen LogP contribution in [0.15, 0.2) is 40.9 Å². The fourth-order valence-corrected chi connectivity index (χ4v) is 2.91. The van der Waals surface area contributed by atoms with E-state index in [-0.39, 0.29) is 0 Å². The molecule has 2 aromatic rings. The summed E-state index contributed by atoms with van der Waals surface area (Å²) in [7, 11) is 2.06. The topological polar surface area (TPSA) is 12.0 Å². The molecule has 1 atom stereocenters. The van der Waals surface area contributed by atoms with Gasteiger partial charge in [-0.2, -0.15) is 0 Å². The maximum atomic E-state index is 3.52. The van der Waals surface area contributed by atoms with E-state index >= 15 is 0 Å². The second-order valence-electron chi connectivity index (χ2n) is 5.09. The van der Waals surface area contributed by atoms with Crippen LogP contribution >= 0.6 is 15.9 Å². The van der Waals surface area contributed by atoms with Gasteiger partial charge >= 0.3 is 0 Å². The first-order chi connectivity index (χ1) is 9.24. The van der Waals surface area contributed by atoms with Crippen LogP contribution < -0.4 is 5.32 Å². The minimum Gasteiger partial charge on any atom is -0.313 e. The monoisotopic (exact) mass is 319 g/mol. The number of halogens is 1. The molecule has 2 heteroatoms. The fraction of sp³-hybridized carbons (Fsp3) is 0.412. The molecule has 2 rings (SSSR count). The molecule has 0 amide bonds. The Kier molecular flexibility index (Phi) is 5.41. The lowest BCUT2D eigenvalue weighted by Gasteiger charge is -2.17. The predicted molar refractivity (Wildman–Crippen MR) is 87.6 cm³/mol. The van der Waals surface area contributed by atoms with E-state index in [0.717, 1.165) is 4.47 Å². The third-order valence-corrected chi connectivity index (χ3v) is 4.17. The van der Waals surface area contributed by atoms with Crippen molar-refractivity contribution in [2.45, 2.75) is 38.6 Å². The summed E-state index contributed by atoms with van der Waals surface area (Å²) < 4.78 is 1.14. The van der Waals surface area contributed by atoms with Gasteiger partial charge in [-0.15, -0.1) is 0 Å². The number of benzene rings is 2. The van der Waals surface area contributed by atoms with Crippen molar-refractivity contribution < 1.29 is 0 Å². The smallest absolute Gasteiger partial charge is 0.0317 e. The van der Waals surface area contributed by atoms with Crippen molar-refractivity contribution in [2.24, 2.45) is 0 Å². The van der Waals surface area contributed by atoms with Crippen LogP contribution in [-0.2, 0) is 0 Å². The van der Waals surface area contributed by atoms with Gasteiger partial charge in [-0.1, -0.05) is 60.3 Å². The Morgan fingerprint density at radius 2 is 1.79 bits per heavy atom. The van der Waals surface area contributed by atoms with Crippen LogP contribution in [0.3, 0.4) is 0 Å². The van der Waals surface area contributed by atoms with Gasteiger partial charge in [-0.3, -0.25) is 0 Å². The first kappa shape index (κ1) is 14.5. The summed E-state index contributed by atoms with van der Waals surface area (Å²) in [6.45, 7) is 2.25. The molecule has 0 spiro atoms. The molecule has 1 nitrogen and oxygen atoms in total. The van der Waals surface area contributed by atoms with E-state index in [0.29, 0.717) is 6.04 Å². The Morgan fingerprint density at radius 3 is 2.53 bits per heavy atom. The normalized spacial score (nSPS) is 12.8. The standard InChI is InChI=1S/C17H22BrN/c1-3-4-5-6-17(19-2)15-8-7-14-12-16(18)10-9-13(14)11-15/h7-12,17,19H,3-6H2,1-2H3. The molecule has 102 valence electrons. The van der Waals surface area contributed by atoms with E-state index < -0.39 is 0 Å². The molecule has 0 aliphatic heterocycles. The highest BCUT2D eigenvalue weighted by Crippen LogP contribution is 2.26. The van der Waals surface area contributed by atoms with Crippen molar-refractivity contribution in [3.63, 3.8) is 0 Å². The molecule has 0 aliphatic rings. The van der Waals surface area contributed by atoms with E-state index in [1.54, 1.807) is 0 Å². The van der Waals surface area contributed by atoms with E-state index in [4.69, 9.17) is 0 Å². The lowest BCUT2D eigenvalue weighted by Crippen LogP contribution is -2.16. The van der Waals surface area contributed by atoms with Gasteiger partial charge in [-0.05, 0) is 48.0 Å². The summed E-state index contributed by atoms with van der Waals surface area (Å²) in [6.07, 6.45) is 5.10. The molecule has 19 heavy (non-hydrogen) atoms. The van der Waals surface area contributed by atoms with Crippen LogP contribution in [0.2, 0.25) is 0 Å². The molecule has 0 radical (unpaired) electrons. The summed E-state index contributed by atoms with van der Waals surface area (Å²) >= 11 is 3.52. The zero-order chi connectivity index (χ0) is 13.7. The summed E-state index contributed by atoms with van der Waals surface area (Å²) in [4.78, 5) is 0. The maximum absolute atomic E-state index is 3.52. The highest BCUT2D eigenvalue weighted by atomic mass is 79.9. The molecule has 0 aromatic heterocycles. The lowest BCUT2D eigenvalue weighted by atomic mass is 9.98. The van der Waals surface area contributed by atoms with Gasteiger partial charge in [0.1, 0.15) is 0 Å². The van der Waals surface area contributed by atoms with E-state index in [9.17, 15) is 0 Å². The number of hydrogen-bond donors (Lipinski definition) is 1. The molecule has 1 unspecified atom stereocenters. The van der Waals surface area contributed by atoms with E-state index in [1.807, 2.05) is 0 Å². The Hall–Kier alpha value is -0.860. The third-order valence-electron chi connectivity index (χ3n) is 3.67. The molecule has 2 aromatic carbocycles. The van der Waals surface area contributed by atoms with Crippen LogP contribution in [0.5, 0.6) is 0 Å². The van der Waals surface area contributed by atoms with Crippen molar-refractivity contribution in [1.82, 2.24) is 5.32 Å². The number of unbranched alkanes of at least 4 members (excludes halogenated alkanes) is 2. The molecule has 0 saturated carbocycles. The Balaban J connectivity index is 2.20. The summed E-state index contributed by atoms with van der Waals surface area (Å²) in [5.74, 6) is 0. The quantitative estimate of drug-likeness (QED) is 0.699. The van der Waals surface area contributed by atoms with Gasteiger partial charge in [0.25, 0.3) is 0 Å². The van der Waals surface area contributed by atoms with Gasteiger partial charge in [-0.25, -0.2) is 0 Å². The van der Waals surface area contributed by atoms with Crippen LogP contribution in [-0.4, -0.2) is 7.05 Å². The van der Waals surface area contributed by atoms with Crippen LogP contribution in [0.1, 0.15) is 44.2 Å². The molecular weight excluding hydrogens is 298 g/mol. The van der Waals surface area contributed by atoms with Gasteiger partial charge < -0.3 is 5.32 Å². The summed E-state index contributed by atoms with van der Waals surface area (Å²) in [5.41, 5.74) is 1.40. The van der Waals surface area contributed by atoms with Gasteiger partial charge in [0.2, 0.25) is 0 Å². The van der Waals surface area contributed by atoms with Crippen LogP contribution in [0.4, 0.5) is 0 Å². The molecule has 0 saturated heterocycles.